The normalized spacial score (nSPS) is 20.0. The molecule has 0 spiro atoms. The van der Waals surface area contributed by atoms with Crippen molar-refractivity contribution in [3.05, 3.63) is 24.3 Å². The molecule has 128 valence electrons. The van der Waals surface area contributed by atoms with E-state index in [4.69, 9.17) is 0 Å². The molecule has 1 unspecified atom stereocenters. The van der Waals surface area contributed by atoms with Gasteiger partial charge in [0.05, 0.1) is 6.54 Å². The average Bonchev–Trinajstić information content (AvgIpc) is 3.04. The molecule has 2 aliphatic rings. The number of nitrogens with one attached hydrogen (secondary N) is 1. The van der Waals surface area contributed by atoms with Gasteiger partial charge in [0.25, 0.3) is 0 Å². The molecule has 1 aromatic carbocycles. The molecule has 0 saturated carbocycles. The molecule has 2 aliphatic heterocycles. The Hall–Kier alpha value is -2.23. The van der Waals surface area contributed by atoms with Crippen LogP contribution < -0.4 is 10.1 Å². The van der Waals surface area contributed by atoms with E-state index in [2.05, 4.69) is 15.0 Å². The minimum Gasteiger partial charge on any atom is -0.406 e. The number of amides is 2. The van der Waals surface area contributed by atoms with Gasteiger partial charge in [0.1, 0.15) is 11.0 Å². The first-order valence-electron chi connectivity index (χ1n) is 7.00. The fourth-order valence-corrected chi connectivity index (χ4v) is 3.52. The number of hydrogen-bond donors (Lipinski definition) is 1. The van der Waals surface area contributed by atoms with Crippen molar-refractivity contribution in [2.75, 3.05) is 18.4 Å². The summed E-state index contributed by atoms with van der Waals surface area (Å²) in [6.07, 6.45) is -4.79. The number of alkyl halides is 3. The fourth-order valence-electron chi connectivity index (χ4n) is 2.33. The minimum atomic E-state index is -4.76. The van der Waals surface area contributed by atoms with Gasteiger partial charge in [-0.2, -0.15) is 0 Å². The van der Waals surface area contributed by atoms with E-state index in [9.17, 15) is 22.8 Å². The zero-order chi connectivity index (χ0) is 17.3. The van der Waals surface area contributed by atoms with Crippen LogP contribution in [-0.4, -0.2) is 46.6 Å². The van der Waals surface area contributed by atoms with Crippen molar-refractivity contribution in [2.45, 2.75) is 18.0 Å². The first kappa shape index (κ1) is 16.6. The highest BCUT2D eigenvalue weighted by Gasteiger charge is 2.40. The van der Waals surface area contributed by atoms with Crippen molar-refractivity contribution < 1.29 is 27.5 Å². The zero-order valence-electron chi connectivity index (χ0n) is 12.2. The molecule has 1 fully saturated rings. The fraction of sp³-hybridized carbons (Fsp3) is 0.357. The van der Waals surface area contributed by atoms with Crippen LogP contribution in [0.3, 0.4) is 0 Å². The van der Waals surface area contributed by atoms with Crippen LogP contribution >= 0.6 is 11.8 Å². The summed E-state index contributed by atoms with van der Waals surface area (Å²) in [4.78, 5) is 29.8. The summed E-state index contributed by atoms with van der Waals surface area (Å²) in [6.45, 7) is 1.12. The van der Waals surface area contributed by atoms with E-state index >= 15 is 0 Å². The van der Waals surface area contributed by atoms with Crippen LogP contribution in [0.2, 0.25) is 0 Å². The van der Waals surface area contributed by atoms with Crippen LogP contribution in [0.15, 0.2) is 29.3 Å². The lowest BCUT2D eigenvalue weighted by atomic mass is 10.2. The van der Waals surface area contributed by atoms with Gasteiger partial charge in [0.15, 0.2) is 5.17 Å². The van der Waals surface area contributed by atoms with Crippen LogP contribution in [0.25, 0.3) is 0 Å². The van der Waals surface area contributed by atoms with E-state index in [1.54, 1.807) is 4.90 Å². The SMILES string of the molecule is O=C(CC1SC2=NCCN2C1=O)Nc1ccc(OC(F)(F)F)cc1. The molecule has 2 amide bonds. The largest absolute Gasteiger partial charge is 0.573 e. The predicted molar refractivity (Wildman–Crippen MR) is 81.8 cm³/mol. The molecular weight excluding hydrogens is 347 g/mol. The highest BCUT2D eigenvalue weighted by Crippen LogP contribution is 2.32. The summed E-state index contributed by atoms with van der Waals surface area (Å²) < 4.78 is 40.0. The van der Waals surface area contributed by atoms with Gasteiger partial charge in [-0.15, -0.1) is 13.2 Å². The Morgan fingerprint density at radius 2 is 2.08 bits per heavy atom. The predicted octanol–water partition coefficient (Wildman–Crippen LogP) is 2.23. The van der Waals surface area contributed by atoms with E-state index in [1.165, 1.54) is 23.9 Å². The van der Waals surface area contributed by atoms with Gasteiger partial charge in [-0.3, -0.25) is 19.5 Å². The highest BCUT2D eigenvalue weighted by molar-refractivity contribution is 8.15. The van der Waals surface area contributed by atoms with Crippen LogP contribution in [0, 0.1) is 0 Å². The number of rotatable bonds is 4. The Bertz CT molecular complexity index is 691. The third-order valence-corrected chi connectivity index (χ3v) is 4.55. The van der Waals surface area contributed by atoms with Gasteiger partial charge in [-0.25, -0.2) is 0 Å². The first-order chi connectivity index (χ1) is 11.3. The van der Waals surface area contributed by atoms with Crippen LogP contribution in [0.1, 0.15) is 6.42 Å². The zero-order valence-corrected chi connectivity index (χ0v) is 13.0. The molecule has 1 saturated heterocycles. The van der Waals surface area contributed by atoms with Crippen LogP contribution in [0.4, 0.5) is 18.9 Å². The van der Waals surface area contributed by atoms with Crippen LogP contribution in [-0.2, 0) is 9.59 Å². The van der Waals surface area contributed by atoms with E-state index in [-0.39, 0.29) is 18.1 Å². The van der Waals surface area contributed by atoms with Crippen molar-refractivity contribution in [1.29, 1.82) is 0 Å². The second kappa shape index (κ2) is 6.34. The van der Waals surface area contributed by atoms with Gasteiger partial charge in [-0.05, 0) is 24.3 Å². The molecule has 0 bridgehead atoms. The number of carbonyl (C=O) groups is 2. The van der Waals surface area contributed by atoms with Gasteiger partial charge in [0, 0.05) is 18.7 Å². The van der Waals surface area contributed by atoms with Gasteiger partial charge >= 0.3 is 6.36 Å². The van der Waals surface area contributed by atoms with Crippen molar-refractivity contribution in [2.24, 2.45) is 4.99 Å². The molecule has 3 rings (SSSR count). The summed E-state index contributed by atoms with van der Waals surface area (Å²) in [5, 5.41) is 2.67. The number of benzene rings is 1. The molecule has 2 heterocycles. The lowest BCUT2D eigenvalue weighted by molar-refractivity contribution is -0.274. The van der Waals surface area contributed by atoms with Crippen molar-refractivity contribution in [1.82, 2.24) is 4.90 Å². The quantitative estimate of drug-likeness (QED) is 0.895. The summed E-state index contributed by atoms with van der Waals surface area (Å²) >= 11 is 1.26. The Labute approximate surface area is 139 Å². The molecule has 0 aromatic heterocycles. The standard InChI is InChI=1S/C14H12F3N3O3S/c15-14(16,17)23-9-3-1-8(2-4-9)19-11(21)7-10-12(22)20-6-5-18-13(20)24-10/h1-4,10H,5-7H2,(H,19,21). The van der Waals surface area contributed by atoms with E-state index in [0.717, 1.165) is 12.1 Å². The Balaban J connectivity index is 1.55. The summed E-state index contributed by atoms with van der Waals surface area (Å²) in [6, 6.07) is 4.79. The number of aliphatic imine (C=N–C) groups is 1. The monoisotopic (exact) mass is 359 g/mol. The van der Waals surface area contributed by atoms with E-state index in [1.807, 2.05) is 0 Å². The first-order valence-corrected chi connectivity index (χ1v) is 7.88. The number of thioether (sulfide) groups is 1. The molecule has 1 aromatic rings. The number of ether oxygens (including phenoxy) is 1. The number of fused-ring (bicyclic) bond motifs is 1. The molecule has 1 atom stereocenters. The average molecular weight is 359 g/mol. The minimum absolute atomic E-state index is 0.0280. The third-order valence-electron chi connectivity index (χ3n) is 3.33. The van der Waals surface area contributed by atoms with Crippen molar-refractivity contribution >= 4 is 34.4 Å². The van der Waals surface area contributed by atoms with E-state index in [0.29, 0.717) is 23.9 Å². The second-order valence-corrected chi connectivity index (χ2v) is 6.26. The summed E-state index contributed by atoms with van der Waals surface area (Å²) in [5.74, 6) is -0.909. The summed E-state index contributed by atoms with van der Waals surface area (Å²) in [7, 11) is 0. The number of nitrogens with zero attached hydrogens (tertiary/aromatic N) is 2. The Morgan fingerprint density at radius 3 is 2.71 bits per heavy atom. The molecular formula is C14H12F3N3O3S. The van der Waals surface area contributed by atoms with Gasteiger partial charge in [-0.1, -0.05) is 11.8 Å². The van der Waals surface area contributed by atoms with Crippen molar-refractivity contribution in [3.8, 4) is 5.75 Å². The number of halogens is 3. The molecule has 1 N–H and O–H groups in total. The Kier molecular flexibility index (Phi) is 4.39. The maximum Gasteiger partial charge on any atom is 0.573 e. The smallest absolute Gasteiger partial charge is 0.406 e. The van der Waals surface area contributed by atoms with E-state index < -0.39 is 17.5 Å². The summed E-state index contributed by atoms with van der Waals surface area (Å²) in [5.41, 5.74) is 0.322. The molecule has 0 aliphatic carbocycles. The number of carbonyl (C=O) groups excluding carboxylic acids is 2. The number of anilines is 1. The molecule has 10 heteroatoms. The van der Waals surface area contributed by atoms with Crippen molar-refractivity contribution in [3.63, 3.8) is 0 Å². The topological polar surface area (TPSA) is 71.0 Å². The number of hydrogen-bond acceptors (Lipinski definition) is 5. The lowest BCUT2D eigenvalue weighted by Gasteiger charge is -2.11. The van der Waals surface area contributed by atoms with Gasteiger partial charge < -0.3 is 10.1 Å². The molecule has 0 radical (unpaired) electrons. The highest BCUT2D eigenvalue weighted by atomic mass is 32.2. The van der Waals surface area contributed by atoms with Crippen LogP contribution in [0.5, 0.6) is 5.75 Å². The number of amidine groups is 1. The Morgan fingerprint density at radius 1 is 1.38 bits per heavy atom. The second-order valence-electron chi connectivity index (χ2n) is 5.09. The lowest BCUT2D eigenvalue weighted by Crippen LogP contribution is -2.32. The maximum absolute atomic E-state index is 12.1. The van der Waals surface area contributed by atoms with Gasteiger partial charge in [0.2, 0.25) is 11.8 Å². The molecule has 6 nitrogen and oxygen atoms in total. The maximum atomic E-state index is 12.1. The third kappa shape index (κ3) is 3.81. The molecule has 24 heavy (non-hydrogen) atoms.